The van der Waals surface area contributed by atoms with E-state index in [0.717, 1.165) is 40.5 Å². The Bertz CT molecular complexity index is 984. The molecule has 2 N–H and O–H groups in total. The molecule has 0 radical (unpaired) electrons. The zero-order valence-corrected chi connectivity index (χ0v) is 16.3. The Kier molecular flexibility index (Phi) is 5.72. The molecule has 27 heavy (non-hydrogen) atoms. The zero-order chi connectivity index (χ0) is 19.4. The fraction of sp³-hybridized carbons (Fsp3) is 0.381. The number of fused-ring (bicyclic) bond motifs is 1. The van der Waals surface area contributed by atoms with Gasteiger partial charge in [0.25, 0.3) is 0 Å². The van der Waals surface area contributed by atoms with Crippen LogP contribution in [0.3, 0.4) is 0 Å². The molecular formula is C21H25N5O. The Morgan fingerprint density at radius 2 is 2.07 bits per heavy atom. The first-order valence-electron chi connectivity index (χ1n) is 9.26. The number of ether oxygens (including phenoxy) is 1. The molecule has 2 heterocycles. The van der Waals surface area contributed by atoms with Crippen molar-refractivity contribution in [3.63, 3.8) is 0 Å². The van der Waals surface area contributed by atoms with Crippen molar-refractivity contribution in [2.75, 3.05) is 13.2 Å². The molecule has 6 nitrogen and oxygen atoms in total. The molecule has 0 aliphatic rings. The summed E-state index contributed by atoms with van der Waals surface area (Å²) in [6.07, 6.45) is 0. The summed E-state index contributed by atoms with van der Waals surface area (Å²) in [5, 5.41) is 12.9. The number of imidazole rings is 1. The predicted octanol–water partition coefficient (Wildman–Crippen LogP) is 3.95. The minimum Gasteiger partial charge on any atom is -0.494 e. The van der Waals surface area contributed by atoms with E-state index in [0.29, 0.717) is 30.3 Å². The van der Waals surface area contributed by atoms with Gasteiger partial charge in [0.1, 0.15) is 23.2 Å². The second-order valence-electron chi connectivity index (χ2n) is 6.99. The molecule has 3 rings (SSSR count). The lowest BCUT2D eigenvalue weighted by Crippen LogP contribution is -2.19. The van der Waals surface area contributed by atoms with Crippen molar-refractivity contribution < 1.29 is 4.74 Å². The van der Waals surface area contributed by atoms with Gasteiger partial charge in [-0.2, -0.15) is 5.26 Å². The Morgan fingerprint density at radius 3 is 2.74 bits per heavy atom. The fourth-order valence-electron chi connectivity index (χ4n) is 2.98. The van der Waals surface area contributed by atoms with E-state index in [1.54, 1.807) is 0 Å². The first-order valence-corrected chi connectivity index (χ1v) is 9.26. The number of hydrogen-bond acceptors (Lipinski definition) is 5. The summed E-state index contributed by atoms with van der Waals surface area (Å²) in [5.41, 5.74) is 4.51. The normalized spacial score (nSPS) is 11.1. The summed E-state index contributed by atoms with van der Waals surface area (Å²) in [6, 6.07) is 10.1. The van der Waals surface area contributed by atoms with Crippen LogP contribution in [0.4, 0.5) is 0 Å². The number of nitriles is 1. The van der Waals surface area contributed by atoms with Crippen LogP contribution < -0.4 is 10.1 Å². The van der Waals surface area contributed by atoms with Crippen molar-refractivity contribution in [2.45, 2.75) is 34.2 Å². The number of aryl methyl sites for hydroxylation is 1. The predicted molar refractivity (Wildman–Crippen MR) is 106 cm³/mol. The lowest BCUT2D eigenvalue weighted by molar-refractivity contribution is 0.338. The maximum absolute atomic E-state index is 9.53. The van der Waals surface area contributed by atoms with E-state index in [1.165, 1.54) is 0 Å². The quantitative estimate of drug-likeness (QED) is 0.664. The minimum atomic E-state index is 0.334. The summed E-state index contributed by atoms with van der Waals surface area (Å²) >= 11 is 0. The number of hydrogen-bond donors (Lipinski definition) is 2. The van der Waals surface area contributed by atoms with Crippen LogP contribution in [0.2, 0.25) is 0 Å². The van der Waals surface area contributed by atoms with Crippen molar-refractivity contribution in [3.8, 4) is 23.1 Å². The topological polar surface area (TPSA) is 86.6 Å². The third kappa shape index (κ3) is 4.26. The van der Waals surface area contributed by atoms with Crippen molar-refractivity contribution in [1.29, 1.82) is 5.26 Å². The highest BCUT2D eigenvalue weighted by Crippen LogP contribution is 2.28. The van der Waals surface area contributed by atoms with E-state index in [-0.39, 0.29) is 0 Å². The zero-order valence-electron chi connectivity index (χ0n) is 16.3. The van der Waals surface area contributed by atoms with Crippen molar-refractivity contribution in [3.05, 3.63) is 41.3 Å². The van der Waals surface area contributed by atoms with E-state index in [4.69, 9.17) is 4.74 Å². The van der Waals surface area contributed by atoms with E-state index >= 15 is 0 Å². The third-order valence-corrected chi connectivity index (χ3v) is 4.24. The number of aromatic amines is 1. The Morgan fingerprint density at radius 1 is 1.26 bits per heavy atom. The molecule has 0 aliphatic carbocycles. The monoisotopic (exact) mass is 363 g/mol. The van der Waals surface area contributed by atoms with Crippen molar-refractivity contribution in [1.82, 2.24) is 20.3 Å². The molecule has 0 aliphatic heterocycles. The fourth-order valence-corrected chi connectivity index (χ4v) is 2.98. The second kappa shape index (κ2) is 8.19. The smallest absolute Gasteiger partial charge is 0.169 e. The van der Waals surface area contributed by atoms with E-state index in [1.807, 2.05) is 38.1 Å². The molecule has 0 bridgehead atoms. The van der Waals surface area contributed by atoms with Crippen LogP contribution in [0.25, 0.3) is 22.3 Å². The highest BCUT2D eigenvalue weighted by atomic mass is 16.5. The van der Waals surface area contributed by atoms with Gasteiger partial charge in [-0.25, -0.2) is 9.97 Å². The molecule has 6 heteroatoms. The number of aromatic nitrogens is 3. The standard InChI is InChI=1S/C21H25N5O/c1-5-27-19-7-6-15(8-14(19)4)16-9-17-21(18(10-22)24-16)26-20(25-17)12-23-11-13(2)3/h6-9,13,23H,5,11-12H2,1-4H3,(H,25,26). The van der Waals surface area contributed by atoms with Crippen LogP contribution in [-0.2, 0) is 6.54 Å². The number of benzene rings is 1. The van der Waals surface area contributed by atoms with Gasteiger partial charge in [0, 0.05) is 5.56 Å². The number of nitrogens with zero attached hydrogens (tertiary/aromatic N) is 3. The van der Waals surface area contributed by atoms with Crippen LogP contribution >= 0.6 is 0 Å². The van der Waals surface area contributed by atoms with Gasteiger partial charge < -0.3 is 15.0 Å². The number of nitrogens with one attached hydrogen (secondary N) is 2. The molecule has 0 fully saturated rings. The summed E-state index contributed by atoms with van der Waals surface area (Å²) in [7, 11) is 0. The molecule has 0 atom stereocenters. The maximum Gasteiger partial charge on any atom is 0.169 e. The van der Waals surface area contributed by atoms with E-state index < -0.39 is 0 Å². The number of H-pyrrole nitrogens is 1. The van der Waals surface area contributed by atoms with Gasteiger partial charge >= 0.3 is 0 Å². The SMILES string of the molecule is CCOc1ccc(-c2cc3[nH]c(CNCC(C)C)nc3c(C#N)n2)cc1C. The van der Waals surface area contributed by atoms with Crippen LogP contribution in [0, 0.1) is 24.2 Å². The molecule has 0 spiro atoms. The molecule has 0 amide bonds. The largest absolute Gasteiger partial charge is 0.494 e. The average molecular weight is 363 g/mol. The molecule has 0 saturated carbocycles. The third-order valence-electron chi connectivity index (χ3n) is 4.24. The summed E-state index contributed by atoms with van der Waals surface area (Å²) in [6.45, 7) is 10.5. The maximum atomic E-state index is 9.53. The minimum absolute atomic E-state index is 0.334. The van der Waals surface area contributed by atoms with Gasteiger partial charge in [-0.05, 0) is 56.1 Å². The second-order valence-corrected chi connectivity index (χ2v) is 6.99. The van der Waals surface area contributed by atoms with E-state index in [9.17, 15) is 5.26 Å². The van der Waals surface area contributed by atoms with Gasteiger partial charge in [0.2, 0.25) is 0 Å². The summed E-state index contributed by atoms with van der Waals surface area (Å²) < 4.78 is 5.60. The highest BCUT2D eigenvalue weighted by Gasteiger charge is 2.13. The summed E-state index contributed by atoms with van der Waals surface area (Å²) in [5.74, 6) is 2.24. The lowest BCUT2D eigenvalue weighted by Gasteiger charge is -2.09. The Labute approximate surface area is 159 Å². The Balaban J connectivity index is 1.95. The molecule has 2 aromatic heterocycles. The van der Waals surface area contributed by atoms with Crippen LogP contribution in [0.15, 0.2) is 24.3 Å². The average Bonchev–Trinajstić information content (AvgIpc) is 3.05. The number of pyridine rings is 1. The Hall–Kier alpha value is -2.91. The molecule has 140 valence electrons. The lowest BCUT2D eigenvalue weighted by atomic mass is 10.1. The van der Waals surface area contributed by atoms with Gasteiger partial charge in [0.15, 0.2) is 5.69 Å². The number of rotatable bonds is 7. The van der Waals surface area contributed by atoms with E-state index in [2.05, 4.69) is 40.2 Å². The first kappa shape index (κ1) is 18.9. The van der Waals surface area contributed by atoms with Crippen LogP contribution in [0.5, 0.6) is 5.75 Å². The van der Waals surface area contributed by atoms with Gasteiger partial charge in [-0.1, -0.05) is 13.8 Å². The van der Waals surface area contributed by atoms with Gasteiger partial charge in [0.05, 0.1) is 24.4 Å². The summed E-state index contributed by atoms with van der Waals surface area (Å²) in [4.78, 5) is 12.4. The molecule has 1 aromatic carbocycles. The van der Waals surface area contributed by atoms with Crippen molar-refractivity contribution in [2.24, 2.45) is 5.92 Å². The first-order chi connectivity index (χ1) is 13.0. The van der Waals surface area contributed by atoms with Gasteiger partial charge in [-0.3, -0.25) is 0 Å². The molecule has 3 aromatic rings. The van der Waals surface area contributed by atoms with Gasteiger partial charge in [-0.15, -0.1) is 0 Å². The van der Waals surface area contributed by atoms with Crippen LogP contribution in [0.1, 0.15) is 37.9 Å². The van der Waals surface area contributed by atoms with Crippen molar-refractivity contribution >= 4 is 11.0 Å². The van der Waals surface area contributed by atoms with Crippen LogP contribution in [-0.4, -0.2) is 28.1 Å². The molecule has 0 saturated heterocycles. The highest BCUT2D eigenvalue weighted by molar-refractivity contribution is 5.84. The molecule has 0 unspecified atom stereocenters. The molecular weight excluding hydrogens is 338 g/mol.